The Bertz CT molecular complexity index is 710. The first-order valence-corrected chi connectivity index (χ1v) is 8.40. The normalized spacial score (nSPS) is 25.9. The maximum absolute atomic E-state index is 10.2. The van der Waals surface area contributed by atoms with Gasteiger partial charge in [0.2, 0.25) is 0 Å². The number of phenols is 1. The fourth-order valence-corrected chi connectivity index (χ4v) is 4.26. The summed E-state index contributed by atoms with van der Waals surface area (Å²) in [5.41, 5.74) is 2.05. The van der Waals surface area contributed by atoms with Gasteiger partial charge in [-0.15, -0.1) is 0 Å². The van der Waals surface area contributed by atoms with Gasteiger partial charge in [-0.3, -0.25) is 0 Å². The Hall–Kier alpha value is -2.16. The van der Waals surface area contributed by atoms with Crippen LogP contribution in [0.2, 0.25) is 0 Å². The zero-order valence-electron chi connectivity index (χ0n) is 13.4. The fraction of sp³-hybridized carbons (Fsp3) is 0.400. The molecule has 120 valence electrons. The van der Waals surface area contributed by atoms with Crippen molar-refractivity contribution < 1.29 is 14.6 Å². The average molecular weight is 310 g/mol. The van der Waals surface area contributed by atoms with Gasteiger partial charge in [0.05, 0.1) is 7.11 Å². The Morgan fingerprint density at radius 2 is 1.96 bits per heavy atom. The Morgan fingerprint density at radius 3 is 2.74 bits per heavy atom. The Balaban J connectivity index is 1.87. The van der Waals surface area contributed by atoms with Crippen molar-refractivity contribution in [2.45, 2.75) is 43.6 Å². The summed E-state index contributed by atoms with van der Waals surface area (Å²) in [5.74, 6) is 1.82. The van der Waals surface area contributed by atoms with Gasteiger partial charge in [0.1, 0.15) is 11.4 Å². The highest BCUT2D eigenvalue weighted by Gasteiger charge is 2.50. The van der Waals surface area contributed by atoms with E-state index >= 15 is 0 Å². The molecule has 0 aromatic heterocycles. The molecule has 0 bridgehead atoms. The molecule has 0 spiro atoms. The fourth-order valence-electron chi connectivity index (χ4n) is 4.26. The van der Waals surface area contributed by atoms with Gasteiger partial charge in [-0.2, -0.15) is 0 Å². The first-order valence-electron chi connectivity index (χ1n) is 8.40. The highest BCUT2D eigenvalue weighted by atomic mass is 16.5. The first-order chi connectivity index (χ1) is 11.2. The van der Waals surface area contributed by atoms with Crippen LogP contribution >= 0.6 is 0 Å². The van der Waals surface area contributed by atoms with E-state index in [9.17, 15) is 5.11 Å². The van der Waals surface area contributed by atoms with Gasteiger partial charge < -0.3 is 14.6 Å². The van der Waals surface area contributed by atoms with Gasteiger partial charge in [0.15, 0.2) is 11.5 Å². The number of benzene rings is 2. The lowest BCUT2D eigenvalue weighted by molar-refractivity contribution is 0.0571. The second kappa shape index (κ2) is 5.48. The molecular formula is C20H22O3. The van der Waals surface area contributed by atoms with Crippen LogP contribution in [0.4, 0.5) is 0 Å². The van der Waals surface area contributed by atoms with Crippen molar-refractivity contribution >= 4 is 0 Å². The summed E-state index contributed by atoms with van der Waals surface area (Å²) < 4.78 is 11.8. The minimum atomic E-state index is -0.307. The summed E-state index contributed by atoms with van der Waals surface area (Å²) in [6.07, 6.45) is 5.72. The maximum atomic E-state index is 10.2. The minimum Gasteiger partial charge on any atom is -0.504 e. The molecule has 1 fully saturated rings. The highest BCUT2D eigenvalue weighted by molar-refractivity contribution is 5.55. The largest absolute Gasteiger partial charge is 0.504 e. The molecule has 0 radical (unpaired) electrons. The molecule has 2 aromatic carbocycles. The molecule has 2 aromatic rings. The van der Waals surface area contributed by atoms with Crippen LogP contribution in [0.15, 0.2) is 42.5 Å². The van der Waals surface area contributed by atoms with E-state index in [1.807, 2.05) is 18.2 Å². The van der Waals surface area contributed by atoms with E-state index in [4.69, 9.17) is 9.47 Å². The number of aromatic hydroxyl groups is 1. The molecule has 1 saturated carbocycles. The summed E-state index contributed by atoms with van der Waals surface area (Å²) in [7, 11) is 1.57. The molecule has 2 aliphatic rings. The summed E-state index contributed by atoms with van der Waals surface area (Å²) in [6.45, 7) is 0. The molecule has 3 heteroatoms. The van der Waals surface area contributed by atoms with E-state index in [1.165, 1.54) is 24.8 Å². The minimum absolute atomic E-state index is 0.197. The third kappa shape index (κ3) is 2.18. The SMILES string of the molecule is COc1cc2c(cc1O)C1CCCCCC1(c1ccccc1)O2. The second-order valence-electron chi connectivity index (χ2n) is 6.57. The van der Waals surface area contributed by atoms with Gasteiger partial charge in [-0.05, 0) is 30.9 Å². The molecule has 2 unspecified atom stereocenters. The van der Waals surface area contributed by atoms with E-state index in [1.54, 1.807) is 7.11 Å². The van der Waals surface area contributed by atoms with E-state index in [-0.39, 0.29) is 11.4 Å². The van der Waals surface area contributed by atoms with Crippen LogP contribution in [-0.2, 0) is 5.60 Å². The predicted molar refractivity (Wildman–Crippen MR) is 89.2 cm³/mol. The van der Waals surface area contributed by atoms with Crippen LogP contribution in [0.1, 0.15) is 49.1 Å². The van der Waals surface area contributed by atoms with Crippen molar-refractivity contribution in [1.29, 1.82) is 0 Å². The third-order valence-corrected chi connectivity index (χ3v) is 5.35. The van der Waals surface area contributed by atoms with E-state index in [2.05, 4.69) is 24.3 Å². The van der Waals surface area contributed by atoms with Crippen LogP contribution in [0.25, 0.3) is 0 Å². The number of rotatable bonds is 2. The zero-order chi connectivity index (χ0) is 15.9. The van der Waals surface area contributed by atoms with Crippen molar-refractivity contribution in [1.82, 2.24) is 0 Å². The van der Waals surface area contributed by atoms with Crippen molar-refractivity contribution in [3.05, 3.63) is 53.6 Å². The Labute approximate surface area is 136 Å². The van der Waals surface area contributed by atoms with Gasteiger partial charge >= 0.3 is 0 Å². The monoisotopic (exact) mass is 310 g/mol. The smallest absolute Gasteiger partial charge is 0.164 e. The average Bonchev–Trinajstić information content (AvgIpc) is 2.74. The van der Waals surface area contributed by atoms with Crippen LogP contribution < -0.4 is 9.47 Å². The number of phenolic OH excluding ortho intramolecular Hbond substituents is 1. The van der Waals surface area contributed by atoms with Crippen molar-refractivity contribution in [2.24, 2.45) is 0 Å². The van der Waals surface area contributed by atoms with Gasteiger partial charge in [0, 0.05) is 17.5 Å². The Morgan fingerprint density at radius 1 is 1.13 bits per heavy atom. The lowest BCUT2D eigenvalue weighted by Crippen LogP contribution is -2.34. The number of fused-ring (bicyclic) bond motifs is 3. The molecule has 0 saturated heterocycles. The van der Waals surface area contributed by atoms with Crippen molar-refractivity contribution in [3.8, 4) is 17.2 Å². The number of ether oxygens (including phenoxy) is 2. The van der Waals surface area contributed by atoms with Gasteiger partial charge in [-0.1, -0.05) is 43.2 Å². The summed E-state index contributed by atoms with van der Waals surface area (Å²) >= 11 is 0. The summed E-state index contributed by atoms with van der Waals surface area (Å²) in [6, 6.07) is 14.2. The van der Waals surface area contributed by atoms with Crippen molar-refractivity contribution in [3.63, 3.8) is 0 Å². The summed E-state index contributed by atoms with van der Waals surface area (Å²) in [5, 5.41) is 10.2. The maximum Gasteiger partial charge on any atom is 0.164 e. The van der Waals surface area contributed by atoms with Crippen LogP contribution in [0.3, 0.4) is 0 Å². The number of hydrogen-bond acceptors (Lipinski definition) is 3. The molecule has 0 amide bonds. The molecule has 4 rings (SSSR count). The van der Waals surface area contributed by atoms with E-state index in [0.717, 1.165) is 24.2 Å². The third-order valence-electron chi connectivity index (χ3n) is 5.35. The van der Waals surface area contributed by atoms with Crippen LogP contribution in [0, 0.1) is 0 Å². The molecule has 1 aliphatic heterocycles. The van der Waals surface area contributed by atoms with Gasteiger partial charge in [-0.25, -0.2) is 0 Å². The number of hydrogen-bond donors (Lipinski definition) is 1. The lowest BCUT2D eigenvalue weighted by atomic mass is 9.76. The lowest BCUT2D eigenvalue weighted by Gasteiger charge is -2.34. The molecule has 3 nitrogen and oxygen atoms in total. The standard InChI is InChI=1S/C20H22O3/c1-22-19-13-18-15(12-17(19)21)16-10-6-3-7-11-20(16,23-18)14-8-4-2-5-9-14/h2,4-5,8-9,12-13,16,21H,3,6-7,10-11H2,1H3. The second-order valence-corrected chi connectivity index (χ2v) is 6.57. The van der Waals surface area contributed by atoms with E-state index < -0.39 is 0 Å². The van der Waals surface area contributed by atoms with Crippen LogP contribution in [-0.4, -0.2) is 12.2 Å². The molecule has 2 atom stereocenters. The van der Waals surface area contributed by atoms with Crippen molar-refractivity contribution in [2.75, 3.05) is 7.11 Å². The Kier molecular flexibility index (Phi) is 3.44. The quantitative estimate of drug-likeness (QED) is 0.871. The molecule has 1 N–H and O–H groups in total. The molecule has 23 heavy (non-hydrogen) atoms. The molecular weight excluding hydrogens is 288 g/mol. The highest BCUT2D eigenvalue weighted by Crippen LogP contribution is 2.58. The molecule has 1 heterocycles. The first kappa shape index (κ1) is 14.4. The number of methoxy groups -OCH3 is 1. The predicted octanol–water partition coefficient (Wildman–Crippen LogP) is 4.74. The van der Waals surface area contributed by atoms with E-state index in [0.29, 0.717) is 11.7 Å². The summed E-state index contributed by atoms with van der Waals surface area (Å²) in [4.78, 5) is 0. The van der Waals surface area contributed by atoms with Crippen LogP contribution in [0.5, 0.6) is 17.2 Å². The van der Waals surface area contributed by atoms with Gasteiger partial charge in [0.25, 0.3) is 0 Å². The zero-order valence-corrected chi connectivity index (χ0v) is 13.4. The molecule has 1 aliphatic carbocycles. The topological polar surface area (TPSA) is 38.7 Å².